The van der Waals surface area contributed by atoms with E-state index >= 15 is 0 Å². The molecule has 4 heteroatoms. The highest BCUT2D eigenvalue weighted by Gasteiger charge is 2.12. The van der Waals surface area contributed by atoms with Crippen molar-refractivity contribution in [3.8, 4) is 0 Å². The van der Waals surface area contributed by atoms with Gasteiger partial charge in [-0.3, -0.25) is 0 Å². The van der Waals surface area contributed by atoms with Gasteiger partial charge in [-0.15, -0.1) is 0 Å². The minimum atomic E-state index is -0.858. The monoisotopic (exact) mass is 279 g/mol. The molecule has 0 aliphatic carbocycles. The highest BCUT2D eigenvalue weighted by atomic mass is 19.2. The van der Waals surface area contributed by atoms with E-state index in [0.717, 1.165) is 6.07 Å². The molecular formula is C16H16F3N. The van der Waals surface area contributed by atoms with Gasteiger partial charge in [0.1, 0.15) is 5.82 Å². The van der Waals surface area contributed by atoms with Gasteiger partial charge in [0.05, 0.1) is 0 Å². The first kappa shape index (κ1) is 14.6. The smallest absolute Gasteiger partial charge is 0.159 e. The average molecular weight is 279 g/mol. The molecular weight excluding hydrogens is 263 g/mol. The summed E-state index contributed by atoms with van der Waals surface area (Å²) in [6.45, 7) is 0. The largest absolute Gasteiger partial charge is 0.316 e. The Bertz CT molecular complexity index is 584. The van der Waals surface area contributed by atoms with Gasteiger partial charge in [-0.2, -0.15) is 0 Å². The zero-order chi connectivity index (χ0) is 14.5. The Morgan fingerprint density at radius 3 is 2.30 bits per heavy atom. The van der Waals surface area contributed by atoms with Crippen molar-refractivity contribution >= 4 is 0 Å². The van der Waals surface area contributed by atoms with E-state index in [-0.39, 0.29) is 11.9 Å². The van der Waals surface area contributed by atoms with E-state index in [1.807, 2.05) is 0 Å². The van der Waals surface area contributed by atoms with E-state index in [9.17, 15) is 13.2 Å². The molecule has 0 aliphatic rings. The summed E-state index contributed by atoms with van der Waals surface area (Å²) in [6.07, 6.45) is 0.990. The summed E-state index contributed by atoms with van der Waals surface area (Å²) < 4.78 is 39.7. The predicted octanol–water partition coefficient (Wildman–Crippen LogP) is 3.48. The van der Waals surface area contributed by atoms with Crippen molar-refractivity contribution in [1.29, 1.82) is 0 Å². The van der Waals surface area contributed by atoms with Gasteiger partial charge < -0.3 is 5.32 Å². The van der Waals surface area contributed by atoms with Crippen LogP contribution in [0, 0.1) is 17.5 Å². The third-order valence-electron chi connectivity index (χ3n) is 3.30. The maximum atomic E-state index is 13.6. The van der Waals surface area contributed by atoms with Crippen molar-refractivity contribution in [2.45, 2.75) is 18.9 Å². The summed E-state index contributed by atoms with van der Waals surface area (Å²) in [6, 6.07) is 10.4. The van der Waals surface area contributed by atoms with E-state index in [1.54, 1.807) is 31.3 Å². The van der Waals surface area contributed by atoms with Crippen LogP contribution in [0.15, 0.2) is 42.5 Å². The molecule has 106 valence electrons. The second kappa shape index (κ2) is 6.57. The Morgan fingerprint density at radius 1 is 0.900 bits per heavy atom. The van der Waals surface area contributed by atoms with Crippen molar-refractivity contribution in [3.05, 3.63) is 71.0 Å². The van der Waals surface area contributed by atoms with Gasteiger partial charge in [0.2, 0.25) is 0 Å². The number of benzene rings is 2. The van der Waals surface area contributed by atoms with Crippen molar-refractivity contribution in [3.63, 3.8) is 0 Å². The average Bonchev–Trinajstić information content (AvgIpc) is 2.44. The normalized spacial score (nSPS) is 12.4. The van der Waals surface area contributed by atoms with Gasteiger partial charge >= 0.3 is 0 Å². The topological polar surface area (TPSA) is 12.0 Å². The van der Waals surface area contributed by atoms with Gasteiger partial charge in [-0.25, -0.2) is 13.2 Å². The van der Waals surface area contributed by atoms with Crippen LogP contribution in [0.3, 0.4) is 0 Å². The van der Waals surface area contributed by atoms with Crippen molar-refractivity contribution in [2.75, 3.05) is 7.05 Å². The quantitative estimate of drug-likeness (QED) is 0.883. The fourth-order valence-corrected chi connectivity index (χ4v) is 2.16. The van der Waals surface area contributed by atoms with Crippen molar-refractivity contribution in [2.24, 2.45) is 0 Å². The Balaban J connectivity index is 2.09. The molecule has 1 unspecified atom stereocenters. The van der Waals surface area contributed by atoms with E-state index in [1.165, 1.54) is 12.1 Å². The van der Waals surface area contributed by atoms with Crippen LogP contribution < -0.4 is 5.32 Å². The Hall–Kier alpha value is -1.81. The van der Waals surface area contributed by atoms with Crippen molar-refractivity contribution < 1.29 is 13.2 Å². The third kappa shape index (κ3) is 3.61. The van der Waals surface area contributed by atoms with Crippen LogP contribution in [0.1, 0.15) is 11.1 Å². The number of hydrogen-bond donors (Lipinski definition) is 1. The summed E-state index contributed by atoms with van der Waals surface area (Å²) in [5.74, 6) is -1.97. The Morgan fingerprint density at radius 2 is 1.65 bits per heavy atom. The number of rotatable bonds is 5. The lowest BCUT2D eigenvalue weighted by molar-refractivity contribution is 0.501. The van der Waals surface area contributed by atoms with Gasteiger partial charge in [0, 0.05) is 6.04 Å². The number of nitrogens with one attached hydrogen (secondary N) is 1. The van der Waals surface area contributed by atoms with Crippen LogP contribution in [0.2, 0.25) is 0 Å². The molecule has 1 N–H and O–H groups in total. The first-order valence-corrected chi connectivity index (χ1v) is 6.44. The van der Waals surface area contributed by atoms with Crippen LogP contribution >= 0.6 is 0 Å². The number of hydrogen-bond acceptors (Lipinski definition) is 1. The zero-order valence-corrected chi connectivity index (χ0v) is 11.2. The molecule has 1 atom stereocenters. The second-order valence-electron chi connectivity index (χ2n) is 4.73. The van der Waals surface area contributed by atoms with Gasteiger partial charge in [-0.05, 0) is 49.2 Å². The molecule has 2 aromatic rings. The fraction of sp³-hybridized carbons (Fsp3) is 0.250. The first-order valence-electron chi connectivity index (χ1n) is 6.44. The lowest BCUT2D eigenvalue weighted by atomic mass is 9.98. The summed E-state index contributed by atoms with van der Waals surface area (Å²) in [5.41, 5.74) is 1.29. The van der Waals surface area contributed by atoms with E-state index < -0.39 is 11.6 Å². The summed E-state index contributed by atoms with van der Waals surface area (Å²) in [4.78, 5) is 0. The summed E-state index contributed by atoms with van der Waals surface area (Å²) in [7, 11) is 1.77. The molecule has 20 heavy (non-hydrogen) atoms. The predicted molar refractivity (Wildman–Crippen MR) is 73.0 cm³/mol. The van der Waals surface area contributed by atoms with Crippen LogP contribution in [0.5, 0.6) is 0 Å². The second-order valence-corrected chi connectivity index (χ2v) is 4.73. The summed E-state index contributed by atoms with van der Waals surface area (Å²) >= 11 is 0. The van der Waals surface area contributed by atoms with Gasteiger partial charge in [-0.1, -0.05) is 24.3 Å². The molecule has 0 saturated heterocycles. The van der Waals surface area contributed by atoms with Crippen LogP contribution in [-0.4, -0.2) is 13.1 Å². The molecule has 2 aromatic carbocycles. The molecule has 0 fully saturated rings. The lowest BCUT2D eigenvalue weighted by Crippen LogP contribution is -2.30. The molecule has 0 heterocycles. The summed E-state index contributed by atoms with van der Waals surface area (Å²) in [5, 5.41) is 3.08. The van der Waals surface area contributed by atoms with E-state index in [2.05, 4.69) is 5.32 Å². The molecule has 0 amide bonds. The number of halogens is 3. The first-order chi connectivity index (χ1) is 9.60. The molecule has 0 aromatic heterocycles. The minimum absolute atomic E-state index is 0.0447. The minimum Gasteiger partial charge on any atom is -0.316 e. The molecule has 0 saturated carbocycles. The molecule has 0 aliphatic heterocycles. The maximum absolute atomic E-state index is 13.6. The molecule has 0 radical (unpaired) electrons. The molecule has 2 rings (SSSR count). The van der Waals surface area contributed by atoms with Crippen LogP contribution in [-0.2, 0) is 12.8 Å². The van der Waals surface area contributed by atoms with Crippen molar-refractivity contribution in [1.82, 2.24) is 5.32 Å². The fourth-order valence-electron chi connectivity index (χ4n) is 2.16. The van der Waals surface area contributed by atoms with E-state index in [0.29, 0.717) is 24.0 Å². The highest BCUT2D eigenvalue weighted by Crippen LogP contribution is 2.14. The van der Waals surface area contributed by atoms with Crippen LogP contribution in [0.4, 0.5) is 13.2 Å². The van der Waals surface area contributed by atoms with Gasteiger partial charge in [0.25, 0.3) is 0 Å². The standard InChI is InChI=1S/C16H16F3N/c1-20-13(10-12-4-2-3-5-14(12)17)8-11-6-7-15(18)16(19)9-11/h2-7,9,13,20H,8,10H2,1H3. The van der Waals surface area contributed by atoms with E-state index in [4.69, 9.17) is 0 Å². The van der Waals surface area contributed by atoms with Crippen LogP contribution in [0.25, 0.3) is 0 Å². The zero-order valence-electron chi connectivity index (χ0n) is 11.2. The Labute approximate surface area is 116 Å². The SMILES string of the molecule is CNC(Cc1ccc(F)c(F)c1)Cc1ccccc1F. The maximum Gasteiger partial charge on any atom is 0.159 e. The number of likely N-dealkylation sites (N-methyl/N-ethyl adjacent to an activating group) is 1. The Kier molecular flexibility index (Phi) is 4.79. The third-order valence-corrected chi connectivity index (χ3v) is 3.30. The highest BCUT2D eigenvalue weighted by molar-refractivity contribution is 5.22. The molecule has 1 nitrogen and oxygen atoms in total. The molecule has 0 bridgehead atoms. The lowest BCUT2D eigenvalue weighted by Gasteiger charge is -2.17. The molecule has 0 spiro atoms. The van der Waals surface area contributed by atoms with Gasteiger partial charge in [0.15, 0.2) is 11.6 Å².